The molecule has 0 aliphatic carbocycles. The average molecular weight is 520 g/mol. The van der Waals surface area contributed by atoms with Crippen molar-refractivity contribution in [3.05, 3.63) is 87.8 Å². The van der Waals surface area contributed by atoms with Crippen molar-refractivity contribution in [1.82, 2.24) is 0 Å². The van der Waals surface area contributed by atoms with Gasteiger partial charge in [-0.05, 0) is 60.7 Å². The number of amides is 1. The number of azo groups is 1. The molecule has 1 saturated heterocycles. The smallest absolute Gasteiger partial charge is 0.416 e. The molecule has 11 heteroatoms. The summed E-state index contributed by atoms with van der Waals surface area (Å²) in [5.41, 5.74) is 0.320. The Morgan fingerprint density at radius 2 is 1.71 bits per heavy atom. The summed E-state index contributed by atoms with van der Waals surface area (Å²) in [5.74, 6) is -0.717. The number of alkyl halides is 3. The Balaban J connectivity index is 1.62. The highest BCUT2D eigenvalue weighted by Crippen LogP contribution is 2.39. The molecule has 1 aliphatic rings. The zero-order valence-corrected chi connectivity index (χ0v) is 19.3. The van der Waals surface area contributed by atoms with Crippen molar-refractivity contribution in [2.24, 2.45) is 10.2 Å². The van der Waals surface area contributed by atoms with E-state index >= 15 is 0 Å². The van der Waals surface area contributed by atoms with Crippen LogP contribution in [0.5, 0.6) is 5.75 Å². The lowest BCUT2D eigenvalue weighted by Gasteiger charge is -2.16. The second kappa shape index (κ2) is 9.57. The van der Waals surface area contributed by atoms with Crippen LogP contribution in [-0.2, 0) is 11.0 Å². The Morgan fingerprint density at radius 1 is 1.00 bits per heavy atom. The maximum absolute atomic E-state index is 13.1. The molecule has 3 aromatic rings. The fraction of sp³-hybridized carbons (Fsp3) is 0.0435. The van der Waals surface area contributed by atoms with Crippen LogP contribution >= 0.6 is 35.6 Å². The van der Waals surface area contributed by atoms with Gasteiger partial charge in [0.25, 0.3) is 5.91 Å². The van der Waals surface area contributed by atoms with Gasteiger partial charge in [0.2, 0.25) is 0 Å². The molecule has 1 fully saturated rings. The van der Waals surface area contributed by atoms with Crippen molar-refractivity contribution in [3.63, 3.8) is 0 Å². The number of halogens is 4. The number of carbonyl (C=O) groups excluding carboxylic acids is 1. The van der Waals surface area contributed by atoms with Gasteiger partial charge in [-0.2, -0.15) is 23.4 Å². The summed E-state index contributed by atoms with van der Waals surface area (Å²) >= 11 is 12.1. The first-order valence-corrected chi connectivity index (χ1v) is 11.2. The topological polar surface area (TPSA) is 65.3 Å². The SMILES string of the molecule is O=C1/C(=C/c2cc(N=Nc3cccc(Cl)c3)ccc2O)SC(=S)N1c1cccc(C(F)(F)F)c1. The molecule has 0 saturated carbocycles. The Labute approximate surface area is 206 Å². The van der Waals surface area contributed by atoms with Gasteiger partial charge in [-0.3, -0.25) is 9.69 Å². The summed E-state index contributed by atoms with van der Waals surface area (Å²) in [5, 5.41) is 19.0. The number of thiocarbonyl (C=S) groups is 1. The van der Waals surface area contributed by atoms with Crippen LogP contribution in [-0.4, -0.2) is 15.3 Å². The van der Waals surface area contributed by atoms with Crippen LogP contribution in [0.4, 0.5) is 30.2 Å². The Morgan fingerprint density at radius 3 is 2.41 bits per heavy atom. The zero-order chi connectivity index (χ0) is 24.5. The molecule has 0 bridgehead atoms. The molecule has 1 heterocycles. The first kappa shape index (κ1) is 23.9. The molecule has 0 unspecified atom stereocenters. The largest absolute Gasteiger partial charge is 0.507 e. The van der Waals surface area contributed by atoms with E-state index in [0.717, 1.165) is 28.8 Å². The lowest BCUT2D eigenvalue weighted by atomic mass is 10.1. The van der Waals surface area contributed by atoms with Crippen LogP contribution in [0.15, 0.2) is 81.9 Å². The van der Waals surface area contributed by atoms with Crippen LogP contribution in [0.3, 0.4) is 0 Å². The first-order chi connectivity index (χ1) is 16.1. The lowest BCUT2D eigenvalue weighted by molar-refractivity contribution is -0.137. The van der Waals surface area contributed by atoms with Crippen LogP contribution in [0, 0.1) is 0 Å². The summed E-state index contributed by atoms with van der Waals surface area (Å²) in [6, 6.07) is 15.6. The lowest BCUT2D eigenvalue weighted by Crippen LogP contribution is -2.27. The van der Waals surface area contributed by atoms with Crippen LogP contribution in [0.25, 0.3) is 6.08 Å². The second-order valence-corrected chi connectivity index (χ2v) is 9.10. The number of anilines is 1. The first-order valence-electron chi connectivity index (χ1n) is 9.57. The van der Waals surface area contributed by atoms with Crippen molar-refractivity contribution in [2.45, 2.75) is 6.18 Å². The molecule has 5 nitrogen and oxygen atoms in total. The molecule has 0 aromatic heterocycles. The number of nitrogens with zero attached hydrogens (tertiary/aromatic N) is 3. The van der Waals surface area contributed by atoms with Gasteiger partial charge in [-0.1, -0.05) is 47.7 Å². The van der Waals surface area contributed by atoms with Crippen molar-refractivity contribution < 1.29 is 23.1 Å². The highest BCUT2D eigenvalue weighted by atomic mass is 35.5. The van der Waals surface area contributed by atoms with Crippen LogP contribution < -0.4 is 4.90 Å². The monoisotopic (exact) mass is 519 g/mol. The van der Waals surface area contributed by atoms with Gasteiger partial charge < -0.3 is 5.11 Å². The van der Waals surface area contributed by atoms with E-state index in [2.05, 4.69) is 10.2 Å². The third kappa shape index (κ3) is 5.30. The number of rotatable bonds is 4. The van der Waals surface area contributed by atoms with E-state index in [4.69, 9.17) is 23.8 Å². The summed E-state index contributed by atoms with van der Waals surface area (Å²) in [6.07, 6.45) is -3.15. The van der Waals surface area contributed by atoms with Gasteiger partial charge in [0.1, 0.15) is 5.75 Å². The fourth-order valence-corrected chi connectivity index (χ4v) is 4.50. The van der Waals surface area contributed by atoms with E-state index in [-0.39, 0.29) is 26.2 Å². The predicted molar refractivity (Wildman–Crippen MR) is 131 cm³/mol. The summed E-state index contributed by atoms with van der Waals surface area (Å²) in [7, 11) is 0. The van der Waals surface area contributed by atoms with E-state index in [1.165, 1.54) is 36.4 Å². The van der Waals surface area contributed by atoms with Crippen molar-refractivity contribution in [2.75, 3.05) is 4.90 Å². The molecule has 0 atom stereocenters. The number of carbonyl (C=O) groups is 1. The predicted octanol–water partition coefficient (Wildman–Crippen LogP) is 7.89. The summed E-state index contributed by atoms with van der Waals surface area (Å²) in [4.78, 5) is 14.1. The molecule has 1 N–H and O–H groups in total. The molecule has 0 radical (unpaired) electrons. The number of hydrogen-bond acceptors (Lipinski definition) is 6. The number of phenolic OH excluding ortho intramolecular Hbond substituents is 1. The van der Waals surface area contributed by atoms with Gasteiger partial charge >= 0.3 is 6.18 Å². The van der Waals surface area contributed by atoms with E-state index in [1.807, 2.05) is 0 Å². The normalized spacial score (nSPS) is 15.6. The number of hydrogen-bond donors (Lipinski definition) is 1. The Bertz CT molecular complexity index is 1360. The summed E-state index contributed by atoms with van der Waals surface area (Å²) < 4.78 is 39.3. The quantitative estimate of drug-likeness (QED) is 0.216. The second-order valence-electron chi connectivity index (χ2n) is 6.99. The van der Waals surface area contributed by atoms with Gasteiger partial charge in [0.05, 0.1) is 27.5 Å². The maximum atomic E-state index is 13.1. The van der Waals surface area contributed by atoms with E-state index in [9.17, 15) is 23.1 Å². The van der Waals surface area contributed by atoms with Crippen LogP contribution in [0.2, 0.25) is 5.02 Å². The molecule has 3 aromatic carbocycles. The zero-order valence-electron chi connectivity index (χ0n) is 17.0. The molecule has 172 valence electrons. The Kier molecular flexibility index (Phi) is 6.74. The minimum absolute atomic E-state index is 0.00835. The summed E-state index contributed by atoms with van der Waals surface area (Å²) in [6.45, 7) is 0. The number of aromatic hydroxyl groups is 1. The highest BCUT2D eigenvalue weighted by molar-refractivity contribution is 8.27. The van der Waals surface area contributed by atoms with Gasteiger partial charge in [0, 0.05) is 10.6 Å². The molecular weight excluding hydrogens is 507 g/mol. The average Bonchev–Trinajstić information content (AvgIpc) is 3.06. The third-order valence-electron chi connectivity index (χ3n) is 4.61. The number of phenols is 1. The van der Waals surface area contributed by atoms with E-state index in [1.54, 1.807) is 24.3 Å². The van der Waals surface area contributed by atoms with Gasteiger partial charge in [-0.25, -0.2) is 0 Å². The minimum Gasteiger partial charge on any atom is -0.507 e. The maximum Gasteiger partial charge on any atom is 0.416 e. The van der Waals surface area contributed by atoms with E-state index in [0.29, 0.717) is 16.4 Å². The fourth-order valence-electron chi connectivity index (χ4n) is 3.03. The Hall–Kier alpha value is -3.21. The molecule has 1 amide bonds. The van der Waals surface area contributed by atoms with Crippen molar-refractivity contribution in [1.29, 1.82) is 0 Å². The standard InChI is InChI=1S/C23H13ClF3N3O2S2/c24-15-4-2-5-16(12-15)28-29-17-7-8-19(31)13(9-17)10-20-21(32)30(22(33)34-20)18-6-1-3-14(11-18)23(25,26)27/h1-12,31H/b20-10-,29-28?. The third-order valence-corrected chi connectivity index (χ3v) is 6.15. The van der Waals surface area contributed by atoms with E-state index < -0.39 is 17.6 Å². The molecular formula is C23H13ClF3N3O2S2. The number of thioether (sulfide) groups is 1. The van der Waals surface area contributed by atoms with Crippen molar-refractivity contribution >= 4 is 68.9 Å². The molecule has 4 rings (SSSR count). The molecule has 1 aliphatic heterocycles. The molecule has 34 heavy (non-hydrogen) atoms. The van der Waals surface area contributed by atoms with Gasteiger partial charge in [-0.15, -0.1) is 0 Å². The number of benzene rings is 3. The molecule has 0 spiro atoms. The van der Waals surface area contributed by atoms with Crippen molar-refractivity contribution in [3.8, 4) is 5.75 Å². The highest BCUT2D eigenvalue weighted by Gasteiger charge is 2.36. The van der Waals surface area contributed by atoms with Crippen LogP contribution in [0.1, 0.15) is 11.1 Å². The minimum atomic E-state index is -4.56. The van der Waals surface area contributed by atoms with Gasteiger partial charge in [0.15, 0.2) is 4.32 Å².